The molecule has 1 N–H and O–H groups in total. The van der Waals surface area contributed by atoms with Gasteiger partial charge in [0.15, 0.2) is 0 Å². The SMILES string of the molecule is CN([C@@H]1COC2(CCNCC2)C1)S(=O)(=O)C1CC1. The number of likely N-dealkylation sites (N-methyl/N-ethyl adjacent to an activating group) is 1. The maximum atomic E-state index is 12.2. The highest BCUT2D eigenvalue weighted by molar-refractivity contribution is 7.90. The van der Waals surface area contributed by atoms with Crippen LogP contribution in [-0.2, 0) is 14.8 Å². The second-order valence-electron chi connectivity index (χ2n) is 5.86. The van der Waals surface area contributed by atoms with Crippen LogP contribution in [0.4, 0.5) is 0 Å². The van der Waals surface area contributed by atoms with Crippen LogP contribution in [0.2, 0.25) is 0 Å². The minimum absolute atomic E-state index is 0.0358. The van der Waals surface area contributed by atoms with Gasteiger partial charge in [0.25, 0.3) is 0 Å². The molecular weight excluding hydrogens is 252 g/mol. The van der Waals surface area contributed by atoms with Gasteiger partial charge in [-0.3, -0.25) is 0 Å². The van der Waals surface area contributed by atoms with Crippen LogP contribution in [0, 0.1) is 0 Å². The summed E-state index contributed by atoms with van der Waals surface area (Å²) in [7, 11) is -1.34. The molecule has 3 aliphatic rings. The third kappa shape index (κ3) is 2.19. The van der Waals surface area contributed by atoms with Crippen molar-refractivity contribution in [3.63, 3.8) is 0 Å². The molecular formula is C12H22N2O3S. The van der Waals surface area contributed by atoms with Crippen LogP contribution >= 0.6 is 0 Å². The molecule has 0 unspecified atom stereocenters. The number of ether oxygens (including phenoxy) is 1. The van der Waals surface area contributed by atoms with Crippen molar-refractivity contribution in [2.75, 3.05) is 26.7 Å². The summed E-state index contributed by atoms with van der Waals surface area (Å²) in [6, 6.07) is 0.0358. The molecule has 3 fully saturated rings. The maximum Gasteiger partial charge on any atom is 0.217 e. The first-order valence-corrected chi connectivity index (χ1v) is 8.35. The highest BCUT2D eigenvalue weighted by Gasteiger charge is 2.47. The Bertz CT molecular complexity index is 413. The van der Waals surface area contributed by atoms with Crippen LogP contribution in [0.1, 0.15) is 32.1 Å². The molecule has 2 heterocycles. The van der Waals surface area contributed by atoms with E-state index >= 15 is 0 Å². The summed E-state index contributed by atoms with van der Waals surface area (Å²) < 4.78 is 32.0. The van der Waals surface area contributed by atoms with Gasteiger partial charge in [-0.05, 0) is 45.2 Å². The molecule has 0 amide bonds. The average molecular weight is 274 g/mol. The fraction of sp³-hybridized carbons (Fsp3) is 1.00. The first-order chi connectivity index (χ1) is 8.54. The summed E-state index contributed by atoms with van der Waals surface area (Å²) >= 11 is 0. The lowest BCUT2D eigenvalue weighted by Gasteiger charge is -2.33. The quantitative estimate of drug-likeness (QED) is 0.805. The summed E-state index contributed by atoms with van der Waals surface area (Å²) in [6.45, 7) is 2.51. The Labute approximate surface area is 109 Å². The van der Waals surface area contributed by atoms with Crippen LogP contribution in [0.15, 0.2) is 0 Å². The van der Waals surface area contributed by atoms with Gasteiger partial charge in [0.2, 0.25) is 10.0 Å². The molecule has 0 aromatic heterocycles. The molecule has 5 nitrogen and oxygen atoms in total. The van der Waals surface area contributed by atoms with Gasteiger partial charge >= 0.3 is 0 Å². The van der Waals surface area contributed by atoms with Crippen molar-refractivity contribution in [3.05, 3.63) is 0 Å². The molecule has 1 saturated carbocycles. The molecule has 0 bridgehead atoms. The fourth-order valence-corrected chi connectivity index (χ4v) is 4.85. The second-order valence-corrected chi connectivity index (χ2v) is 8.14. The Morgan fingerprint density at radius 1 is 1.28 bits per heavy atom. The van der Waals surface area contributed by atoms with Crippen LogP contribution in [0.5, 0.6) is 0 Å². The fourth-order valence-electron chi connectivity index (χ4n) is 3.09. The molecule has 0 radical (unpaired) electrons. The average Bonchev–Trinajstić information content (AvgIpc) is 3.15. The van der Waals surface area contributed by atoms with Crippen molar-refractivity contribution in [2.24, 2.45) is 0 Å². The van der Waals surface area contributed by atoms with E-state index in [-0.39, 0.29) is 16.9 Å². The van der Waals surface area contributed by atoms with E-state index < -0.39 is 10.0 Å². The van der Waals surface area contributed by atoms with Crippen LogP contribution < -0.4 is 5.32 Å². The zero-order chi connectivity index (χ0) is 12.8. The first-order valence-electron chi connectivity index (χ1n) is 6.85. The van der Waals surface area contributed by atoms with Gasteiger partial charge in [0.1, 0.15) is 0 Å². The second kappa shape index (κ2) is 4.44. The highest BCUT2D eigenvalue weighted by Crippen LogP contribution is 2.38. The molecule has 1 spiro atoms. The Hall–Kier alpha value is -0.170. The minimum atomic E-state index is -3.07. The lowest BCUT2D eigenvalue weighted by Crippen LogP contribution is -2.43. The normalized spacial score (nSPS) is 32.2. The molecule has 1 aliphatic carbocycles. The van der Waals surface area contributed by atoms with Crippen molar-refractivity contribution in [1.82, 2.24) is 9.62 Å². The molecule has 18 heavy (non-hydrogen) atoms. The summed E-state index contributed by atoms with van der Waals surface area (Å²) in [5.41, 5.74) is -0.0662. The Morgan fingerprint density at radius 3 is 2.56 bits per heavy atom. The minimum Gasteiger partial charge on any atom is -0.373 e. The first kappa shape index (κ1) is 12.8. The molecule has 104 valence electrons. The smallest absolute Gasteiger partial charge is 0.217 e. The van der Waals surface area contributed by atoms with E-state index in [0.717, 1.165) is 45.2 Å². The predicted molar refractivity (Wildman–Crippen MR) is 68.9 cm³/mol. The zero-order valence-corrected chi connectivity index (χ0v) is 11.7. The lowest BCUT2D eigenvalue weighted by atomic mass is 9.88. The highest BCUT2D eigenvalue weighted by atomic mass is 32.2. The number of piperidine rings is 1. The van der Waals surface area contributed by atoms with Crippen molar-refractivity contribution in [2.45, 2.75) is 49.0 Å². The third-order valence-corrected chi connectivity index (χ3v) is 6.98. The van der Waals surface area contributed by atoms with Crippen LogP contribution in [0.3, 0.4) is 0 Å². The predicted octanol–water partition coefficient (Wildman–Crippen LogP) is 0.321. The van der Waals surface area contributed by atoms with Gasteiger partial charge in [-0.15, -0.1) is 0 Å². The van der Waals surface area contributed by atoms with E-state index in [1.807, 2.05) is 0 Å². The molecule has 1 atom stereocenters. The summed E-state index contributed by atoms with van der Waals surface area (Å²) in [5.74, 6) is 0. The van der Waals surface area contributed by atoms with E-state index in [2.05, 4.69) is 5.32 Å². The maximum absolute atomic E-state index is 12.2. The molecule has 2 saturated heterocycles. The molecule has 6 heteroatoms. The Balaban J connectivity index is 1.68. The van der Waals surface area contributed by atoms with E-state index in [9.17, 15) is 8.42 Å². The van der Waals surface area contributed by atoms with Gasteiger partial charge < -0.3 is 10.1 Å². The molecule has 2 aliphatic heterocycles. The van der Waals surface area contributed by atoms with Gasteiger partial charge in [-0.2, -0.15) is 4.31 Å². The van der Waals surface area contributed by atoms with Gasteiger partial charge in [0.05, 0.1) is 23.5 Å². The van der Waals surface area contributed by atoms with Crippen LogP contribution in [0.25, 0.3) is 0 Å². The molecule has 0 aromatic rings. The monoisotopic (exact) mass is 274 g/mol. The largest absolute Gasteiger partial charge is 0.373 e. The van der Waals surface area contributed by atoms with Gasteiger partial charge in [-0.1, -0.05) is 0 Å². The van der Waals surface area contributed by atoms with E-state index in [1.54, 1.807) is 11.4 Å². The Kier molecular flexibility index (Phi) is 3.17. The summed E-state index contributed by atoms with van der Waals surface area (Å²) in [6.07, 6.45) is 4.52. The van der Waals surface area contributed by atoms with E-state index in [4.69, 9.17) is 4.74 Å². The van der Waals surface area contributed by atoms with Gasteiger partial charge in [-0.25, -0.2) is 8.42 Å². The summed E-state index contributed by atoms with van der Waals surface area (Å²) in [5, 5.41) is 3.21. The topological polar surface area (TPSA) is 58.6 Å². The number of hydrogen-bond donors (Lipinski definition) is 1. The van der Waals surface area contributed by atoms with Crippen LogP contribution in [-0.4, -0.2) is 56.4 Å². The summed E-state index contributed by atoms with van der Waals surface area (Å²) in [4.78, 5) is 0. The zero-order valence-electron chi connectivity index (χ0n) is 10.9. The standard InChI is InChI=1S/C12H22N2O3S/c1-14(18(15,16)11-2-3-11)10-8-12(17-9-10)4-6-13-7-5-12/h10-11,13H,2-9H2,1H3/t10-/m0/s1. The van der Waals surface area contributed by atoms with E-state index in [1.165, 1.54) is 0 Å². The number of nitrogens with one attached hydrogen (secondary N) is 1. The lowest BCUT2D eigenvalue weighted by molar-refractivity contribution is -0.0197. The third-order valence-electron chi connectivity index (χ3n) is 4.57. The number of nitrogens with zero attached hydrogens (tertiary/aromatic N) is 1. The number of rotatable bonds is 3. The number of sulfonamides is 1. The van der Waals surface area contributed by atoms with Crippen molar-refractivity contribution < 1.29 is 13.2 Å². The van der Waals surface area contributed by atoms with E-state index in [0.29, 0.717) is 6.61 Å². The van der Waals surface area contributed by atoms with Crippen molar-refractivity contribution in [3.8, 4) is 0 Å². The number of hydrogen-bond acceptors (Lipinski definition) is 4. The molecule has 3 rings (SSSR count). The Morgan fingerprint density at radius 2 is 1.94 bits per heavy atom. The molecule has 0 aromatic carbocycles. The van der Waals surface area contributed by atoms with Crippen molar-refractivity contribution >= 4 is 10.0 Å². The van der Waals surface area contributed by atoms with Gasteiger partial charge in [0, 0.05) is 7.05 Å². The van der Waals surface area contributed by atoms with Crippen molar-refractivity contribution in [1.29, 1.82) is 0 Å².